The minimum absolute atomic E-state index is 0.965. The van der Waals surface area contributed by atoms with E-state index in [1.54, 1.807) is 0 Å². The fourth-order valence-electron chi connectivity index (χ4n) is 2.77. The lowest BCUT2D eigenvalue weighted by Crippen LogP contribution is -1.85. The highest BCUT2D eigenvalue weighted by atomic mass is 16.3. The Morgan fingerprint density at radius 2 is 1.70 bits per heavy atom. The van der Waals surface area contributed by atoms with Crippen LogP contribution in [0, 0.1) is 0 Å². The fourth-order valence-corrected chi connectivity index (χ4v) is 2.77. The molecule has 0 amide bonds. The molecular weight excluding hydrogens is 280 g/mol. The predicted molar refractivity (Wildman–Crippen MR) is 98.3 cm³/mol. The van der Waals surface area contributed by atoms with Crippen LogP contribution in [-0.4, -0.2) is 0 Å². The molecule has 2 aromatic carbocycles. The molecule has 0 spiro atoms. The van der Waals surface area contributed by atoms with Crippen LogP contribution in [0.15, 0.2) is 64.7 Å². The molecule has 116 valence electrons. The molecule has 1 aromatic heterocycles. The van der Waals surface area contributed by atoms with Gasteiger partial charge in [-0.25, -0.2) is 0 Å². The second-order valence-electron chi connectivity index (χ2n) is 5.76. The molecule has 1 heteroatoms. The van der Waals surface area contributed by atoms with Crippen LogP contribution >= 0.6 is 0 Å². The van der Waals surface area contributed by atoms with Gasteiger partial charge < -0.3 is 4.42 Å². The van der Waals surface area contributed by atoms with Crippen molar-refractivity contribution in [2.45, 2.75) is 32.6 Å². The minimum Gasteiger partial charge on any atom is -0.460 e. The van der Waals surface area contributed by atoms with Crippen LogP contribution in [0.4, 0.5) is 0 Å². The number of aryl methyl sites for hydroxylation is 1. The van der Waals surface area contributed by atoms with E-state index in [4.69, 9.17) is 4.42 Å². The number of fused-ring (bicyclic) bond motifs is 1. The zero-order chi connectivity index (χ0) is 15.9. The van der Waals surface area contributed by atoms with Crippen LogP contribution in [0.5, 0.6) is 0 Å². The molecule has 0 bridgehead atoms. The van der Waals surface area contributed by atoms with E-state index < -0.39 is 0 Å². The first-order valence-corrected chi connectivity index (χ1v) is 8.36. The number of benzene rings is 2. The first-order valence-electron chi connectivity index (χ1n) is 8.36. The summed E-state index contributed by atoms with van der Waals surface area (Å²) in [5.41, 5.74) is 6.61. The van der Waals surface area contributed by atoms with Crippen molar-refractivity contribution in [3.05, 3.63) is 77.2 Å². The van der Waals surface area contributed by atoms with Gasteiger partial charge in [0.05, 0.1) is 0 Å². The monoisotopic (exact) mass is 302 g/mol. The average molecular weight is 302 g/mol. The molecule has 0 aliphatic heterocycles. The molecule has 0 unspecified atom stereocenters. The summed E-state index contributed by atoms with van der Waals surface area (Å²) in [4.78, 5) is 0. The second kappa shape index (κ2) is 7.67. The molecule has 3 rings (SSSR count). The van der Waals surface area contributed by atoms with E-state index in [1.807, 2.05) is 36.4 Å². The third kappa shape index (κ3) is 3.83. The summed E-state index contributed by atoms with van der Waals surface area (Å²) >= 11 is 0. The molecule has 0 radical (unpaired) electrons. The lowest BCUT2D eigenvalue weighted by atomic mass is 10.1. The zero-order valence-electron chi connectivity index (χ0n) is 13.6. The van der Waals surface area contributed by atoms with Gasteiger partial charge in [0.25, 0.3) is 0 Å². The van der Waals surface area contributed by atoms with Crippen molar-refractivity contribution < 1.29 is 4.42 Å². The van der Waals surface area contributed by atoms with E-state index in [0.29, 0.717) is 0 Å². The average Bonchev–Trinajstić information content (AvgIpc) is 2.94. The smallest absolute Gasteiger partial charge is 0.134 e. The Morgan fingerprint density at radius 3 is 2.52 bits per heavy atom. The largest absolute Gasteiger partial charge is 0.460 e. The molecule has 0 N–H and O–H groups in total. The van der Waals surface area contributed by atoms with Gasteiger partial charge in [-0.15, -0.1) is 5.73 Å². The molecule has 1 nitrogen and oxygen atoms in total. The van der Waals surface area contributed by atoms with E-state index in [1.165, 1.54) is 30.2 Å². The van der Waals surface area contributed by atoms with E-state index in [9.17, 15) is 0 Å². The first kappa shape index (κ1) is 15.4. The maximum absolute atomic E-state index is 6.06. The Labute approximate surface area is 138 Å². The lowest BCUT2D eigenvalue weighted by Gasteiger charge is -1.97. The minimum atomic E-state index is 0.965. The van der Waals surface area contributed by atoms with Gasteiger partial charge in [0.2, 0.25) is 0 Å². The van der Waals surface area contributed by atoms with Crippen molar-refractivity contribution >= 4 is 23.1 Å². The number of furan rings is 1. The Hall–Kier alpha value is -2.50. The molecular formula is C22H22O. The van der Waals surface area contributed by atoms with Gasteiger partial charge in [-0.05, 0) is 30.2 Å². The lowest BCUT2D eigenvalue weighted by molar-refractivity contribution is 0.530. The van der Waals surface area contributed by atoms with E-state index >= 15 is 0 Å². The highest BCUT2D eigenvalue weighted by Gasteiger charge is 2.10. The van der Waals surface area contributed by atoms with Crippen molar-refractivity contribution in [3.8, 4) is 0 Å². The highest BCUT2D eigenvalue weighted by Crippen LogP contribution is 2.28. The zero-order valence-corrected chi connectivity index (χ0v) is 13.6. The molecule has 0 saturated carbocycles. The van der Waals surface area contributed by atoms with Crippen molar-refractivity contribution in [1.82, 2.24) is 0 Å². The van der Waals surface area contributed by atoms with E-state index in [0.717, 1.165) is 23.3 Å². The molecule has 0 atom stereocenters. The third-order valence-corrected chi connectivity index (χ3v) is 4.00. The van der Waals surface area contributed by atoms with Gasteiger partial charge in [-0.3, -0.25) is 0 Å². The van der Waals surface area contributed by atoms with Crippen LogP contribution in [0.25, 0.3) is 23.1 Å². The predicted octanol–water partition coefficient (Wildman–Crippen LogP) is 6.49. The molecule has 0 aliphatic rings. The number of hydrogen-bond donors (Lipinski definition) is 0. The number of unbranched alkanes of at least 4 members (excludes halogenated alkanes) is 2. The van der Waals surface area contributed by atoms with Crippen molar-refractivity contribution in [2.24, 2.45) is 0 Å². The van der Waals surface area contributed by atoms with E-state index in [-0.39, 0.29) is 0 Å². The number of hydrogen-bond acceptors (Lipinski definition) is 1. The third-order valence-electron chi connectivity index (χ3n) is 4.00. The fraction of sp³-hybridized carbons (Fsp3) is 0.227. The van der Waals surface area contributed by atoms with Crippen LogP contribution in [0.1, 0.15) is 43.1 Å². The van der Waals surface area contributed by atoms with Crippen molar-refractivity contribution in [2.75, 3.05) is 0 Å². The van der Waals surface area contributed by atoms with Gasteiger partial charge in [0, 0.05) is 17.4 Å². The van der Waals surface area contributed by atoms with Crippen molar-refractivity contribution in [1.29, 1.82) is 0 Å². The highest BCUT2D eigenvalue weighted by molar-refractivity contribution is 5.88. The molecule has 3 aromatic rings. The molecule has 23 heavy (non-hydrogen) atoms. The summed E-state index contributed by atoms with van der Waals surface area (Å²) in [7, 11) is 0. The Kier molecular flexibility index (Phi) is 5.13. The second-order valence-corrected chi connectivity index (χ2v) is 5.76. The van der Waals surface area contributed by atoms with Crippen LogP contribution in [-0.2, 0) is 6.42 Å². The van der Waals surface area contributed by atoms with Crippen LogP contribution in [0.2, 0.25) is 0 Å². The number of rotatable bonds is 6. The van der Waals surface area contributed by atoms with Gasteiger partial charge in [-0.2, -0.15) is 0 Å². The molecule has 0 aliphatic carbocycles. The van der Waals surface area contributed by atoms with Gasteiger partial charge in [-0.1, -0.05) is 68.3 Å². The molecule has 0 fully saturated rings. The quantitative estimate of drug-likeness (QED) is 0.374. The van der Waals surface area contributed by atoms with Gasteiger partial charge in [0.15, 0.2) is 0 Å². The summed E-state index contributed by atoms with van der Waals surface area (Å²) in [6.07, 6.45) is 8.68. The summed E-state index contributed by atoms with van der Waals surface area (Å²) in [6, 6.07) is 18.5. The van der Waals surface area contributed by atoms with E-state index in [2.05, 4.69) is 43.0 Å². The van der Waals surface area contributed by atoms with Gasteiger partial charge in [0.1, 0.15) is 11.3 Å². The van der Waals surface area contributed by atoms with Gasteiger partial charge >= 0.3 is 0 Å². The maximum atomic E-state index is 6.06. The molecule has 0 saturated heterocycles. The van der Waals surface area contributed by atoms with Crippen LogP contribution < -0.4 is 0 Å². The van der Waals surface area contributed by atoms with Crippen LogP contribution in [0.3, 0.4) is 0 Å². The standard InChI is InChI=1S/C22H22O/c1-2-3-5-16-21-20(19-14-8-9-17-22(19)23-21)15-10-13-18-11-6-4-7-12-18/h4,6-9,11-15,17H,2-3,5,16H2,1H3. The maximum Gasteiger partial charge on any atom is 0.134 e. The Morgan fingerprint density at radius 1 is 0.913 bits per heavy atom. The summed E-state index contributed by atoms with van der Waals surface area (Å²) in [6.45, 7) is 2.22. The summed E-state index contributed by atoms with van der Waals surface area (Å²) in [5, 5.41) is 1.17. The number of para-hydroxylation sites is 1. The van der Waals surface area contributed by atoms with Crippen molar-refractivity contribution in [3.63, 3.8) is 0 Å². The summed E-state index contributed by atoms with van der Waals surface area (Å²) in [5.74, 6) is 1.08. The summed E-state index contributed by atoms with van der Waals surface area (Å²) < 4.78 is 6.06. The normalized spacial score (nSPS) is 10.5. The Bertz CT molecular complexity index is 818. The topological polar surface area (TPSA) is 13.1 Å². The Balaban J connectivity index is 1.94. The first-order chi connectivity index (χ1) is 11.4. The SMILES string of the molecule is CCCCCc1oc2ccccc2c1C=C=Cc1ccccc1. The molecule has 1 heterocycles.